The number of aromatic nitrogens is 2. The molecule has 6 heteroatoms. The van der Waals surface area contributed by atoms with Gasteiger partial charge < -0.3 is 10.6 Å². The number of hydrogen-bond acceptors (Lipinski definition) is 4. The second-order valence-electron chi connectivity index (χ2n) is 3.87. The average molecular weight is 241 g/mol. The highest BCUT2D eigenvalue weighted by Crippen LogP contribution is 2.12. The molecule has 1 aliphatic heterocycles. The summed E-state index contributed by atoms with van der Waals surface area (Å²) in [6, 6.07) is 0.213. The van der Waals surface area contributed by atoms with Gasteiger partial charge in [0.15, 0.2) is 0 Å². The van der Waals surface area contributed by atoms with Gasteiger partial charge in [0.25, 0.3) is 5.91 Å². The molecule has 2 rings (SSSR count). The lowest BCUT2D eigenvalue weighted by Gasteiger charge is -2.30. The standard InChI is InChI=1S/C10H13ClN4O/c11-10-13-5-7(6-14-10)9(16)15-3-1-8(12)2-4-15/h5-6,8H,1-4,12H2. The number of nitrogens with zero attached hydrogens (tertiary/aromatic N) is 3. The van der Waals surface area contributed by atoms with E-state index >= 15 is 0 Å². The van der Waals surface area contributed by atoms with E-state index in [9.17, 15) is 4.79 Å². The van der Waals surface area contributed by atoms with Crippen molar-refractivity contribution in [1.82, 2.24) is 14.9 Å². The highest BCUT2D eigenvalue weighted by molar-refractivity contribution is 6.28. The minimum atomic E-state index is -0.0523. The summed E-state index contributed by atoms with van der Waals surface area (Å²) in [6.07, 6.45) is 4.60. The summed E-state index contributed by atoms with van der Waals surface area (Å²) in [5, 5.41) is 0.150. The molecule has 2 heterocycles. The van der Waals surface area contributed by atoms with Gasteiger partial charge in [-0.2, -0.15) is 0 Å². The Hall–Kier alpha value is -1.20. The first-order chi connectivity index (χ1) is 7.66. The Morgan fingerprint density at radius 3 is 2.50 bits per heavy atom. The predicted molar refractivity (Wildman–Crippen MR) is 60.2 cm³/mol. The van der Waals surface area contributed by atoms with Crippen molar-refractivity contribution in [3.05, 3.63) is 23.2 Å². The van der Waals surface area contributed by atoms with Gasteiger partial charge in [0.05, 0.1) is 5.56 Å². The van der Waals surface area contributed by atoms with Crippen molar-refractivity contribution in [3.8, 4) is 0 Å². The zero-order valence-corrected chi connectivity index (χ0v) is 9.52. The third-order valence-electron chi connectivity index (χ3n) is 2.69. The SMILES string of the molecule is NC1CCN(C(=O)c2cnc(Cl)nc2)CC1. The molecule has 1 aromatic heterocycles. The Bertz CT molecular complexity index is 373. The van der Waals surface area contributed by atoms with Crippen LogP contribution in [0.3, 0.4) is 0 Å². The number of rotatable bonds is 1. The molecule has 0 aliphatic carbocycles. The first kappa shape index (κ1) is 11.3. The summed E-state index contributed by atoms with van der Waals surface area (Å²) in [6.45, 7) is 1.39. The van der Waals surface area contributed by atoms with E-state index in [1.54, 1.807) is 4.90 Å². The Balaban J connectivity index is 2.05. The molecule has 0 radical (unpaired) electrons. The number of amides is 1. The molecule has 5 nitrogen and oxygen atoms in total. The molecule has 2 N–H and O–H groups in total. The van der Waals surface area contributed by atoms with Crippen LogP contribution in [0.5, 0.6) is 0 Å². The van der Waals surface area contributed by atoms with E-state index in [1.807, 2.05) is 0 Å². The van der Waals surface area contributed by atoms with E-state index in [-0.39, 0.29) is 17.2 Å². The molecule has 0 unspecified atom stereocenters. The van der Waals surface area contributed by atoms with E-state index in [4.69, 9.17) is 17.3 Å². The Kier molecular flexibility index (Phi) is 3.36. The molecule has 1 amide bonds. The van der Waals surface area contributed by atoms with E-state index < -0.39 is 0 Å². The summed E-state index contributed by atoms with van der Waals surface area (Å²) < 4.78 is 0. The number of likely N-dealkylation sites (tertiary alicyclic amines) is 1. The van der Waals surface area contributed by atoms with Gasteiger partial charge in [-0.25, -0.2) is 9.97 Å². The number of hydrogen-bond donors (Lipinski definition) is 1. The molecule has 1 aliphatic rings. The fourth-order valence-electron chi connectivity index (χ4n) is 1.71. The zero-order valence-electron chi connectivity index (χ0n) is 8.77. The van der Waals surface area contributed by atoms with Gasteiger partial charge in [0.1, 0.15) is 0 Å². The molecule has 16 heavy (non-hydrogen) atoms. The highest BCUT2D eigenvalue weighted by atomic mass is 35.5. The van der Waals surface area contributed by atoms with Gasteiger partial charge in [-0.05, 0) is 24.4 Å². The number of nitrogens with two attached hydrogens (primary N) is 1. The van der Waals surface area contributed by atoms with Crippen LogP contribution in [0.15, 0.2) is 12.4 Å². The summed E-state index contributed by atoms with van der Waals surface area (Å²) >= 11 is 5.56. The third kappa shape index (κ3) is 2.48. The number of piperidine rings is 1. The molecule has 1 saturated heterocycles. The molecule has 0 saturated carbocycles. The summed E-state index contributed by atoms with van der Waals surface area (Å²) in [5.74, 6) is -0.0523. The van der Waals surface area contributed by atoms with Crippen molar-refractivity contribution >= 4 is 17.5 Å². The highest BCUT2D eigenvalue weighted by Gasteiger charge is 2.21. The van der Waals surface area contributed by atoms with E-state index in [0.29, 0.717) is 18.7 Å². The third-order valence-corrected chi connectivity index (χ3v) is 2.89. The normalized spacial score (nSPS) is 17.5. The first-order valence-electron chi connectivity index (χ1n) is 5.19. The van der Waals surface area contributed by atoms with Crippen molar-refractivity contribution in [3.63, 3.8) is 0 Å². The van der Waals surface area contributed by atoms with Crippen molar-refractivity contribution in [2.75, 3.05) is 13.1 Å². The quantitative estimate of drug-likeness (QED) is 0.734. The zero-order chi connectivity index (χ0) is 11.5. The van der Waals surface area contributed by atoms with Gasteiger partial charge in [-0.15, -0.1) is 0 Å². The van der Waals surface area contributed by atoms with E-state index in [0.717, 1.165) is 12.8 Å². The van der Waals surface area contributed by atoms with Crippen LogP contribution in [-0.2, 0) is 0 Å². The molecule has 1 aromatic rings. The molecule has 0 atom stereocenters. The number of carbonyl (C=O) groups is 1. The summed E-state index contributed by atoms with van der Waals surface area (Å²) in [7, 11) is 0. The molecule has 86 valence electrons. The summed E-state index contributed by atoms with van der Waals surface area (Å²) in [5.41, 5.74) is 6.25. The fraction of sp³-hybridized carbons (Fsp3) is 0.500. The molecule has 0 spiro atoms. The van der Waals surface area contributed by atoms with Crippen LogP contribution in [0.2, 0.25) is 5.28 Å². The van der Waals surface area contributed by atoms with Crippen LogP contribution < -0.4 is 5.73 Å². The van der Waals surface area contributed by atoms with Crippen molar-refractivity contribution in [2.45, 2.75) is 18.9 Å². The van der Waals surface area contributed by atoms with E-state index in [1.165, 1.54) is 12.4 Å². The van der Waals surface area contributed by atoms with Gasteiger partial charge in [-0.3, -0.25) is 4.79 Å². The van der Waals surface area contributed by atoms with Crippen LogP contribution >= 0.6 is 11.6 Å². The first-order valence-corrected chi connectivity index (χ1v) is 5.57. The van der Waals surface area contributed by atoms with Gasteiger partial charge >= 0.3 is 0 Å². The molecule has 0 bridgehead atoms. The smallest absolute Gasteiger partial charge is 0.256 e. The fourth-order valence-corrected chi connectivity index (χ4v) is 1.81. The minimum Gasteiger partial charge on any atom is -0.338 e. The van der Waals surface area contributed by atoms with Crippen LogP contribution in [0.1, 0.15) is 23.2 Å². The maximum atomic E-state index is 12.0. The van der Waals surface area contributed by atoms with Gasteiger partial charge in [0.2, 0.25) is 5.28 Å². The van der Waals surface area contributed by atoms with Crippen LogP contribution in [0.25, 0.3) is 0 Å². The second kappa shape index (κ2) is 4.76. The number of halogens is 1. The molecule has 0 aromatic carbocycles. The summed E-state index contributed by atoms with van der Waals surface area (Å²) in [4.78, 5) is 21.3. The molecular formula is C10H13ClN4O. The van der Waals surface area contributed by atoms with Crippen LogP contribution in [0, 0.1) is 0 Å². The largest absolute Gasteiger partial charge is 0.338 e. The average Bonchev–Trinajstić information content (AvgIpc) is 2.30. The van der Waals surface area contributed by atoms with Crippen LogP contribution in [-0.4, -0.2) is 39.9 Å². The maximum Gasteiger partial charge on any atom is 0.256 e. The minimum absolute atomic E-state index is 0.0523. The molecule has 1 fully saturated rings. The number of carbonyl (C=O) groups excluding carboxylic acids is 1. The second-order valence-corrected chi connectivity index (χ2v) is 4.21. The van der Waals surface area contributed by atoms with E-state index in [2.05, 4.69) is 9.97 Å². The lowest BCUT2D eigenvalue weighted by molar-refractivity contribution is 0.0714. The maximum absolute atomic E-state index is 12.0. The topological polar surface area (TPSA) is 72.1 Å². The lowest BCUT2D eigenvalue weighted by atomic mass is 10.1. The lowest BCUT2D eigenvalue weighted by Crippen LogP contribution is -2.42. The van der Waals surface area contributed by atoms with Crippen molar-refractivity contribution in [1.29, 1.82) is 0 Å². The van der Waals surface area contributed by atoms with Crippen LogP contribution in [0.4, 0.5) is 0 Å². The Morgan fingerprint density at radius 1 is 1.38 bits per heavy atom. The van der Waals surface area contributed by atoms with Crippen molar-refractivity contribution < 1.29 is 4.79 Å². The monoisotopic (exact) mass is 240 g/mol. The van der Waals surface area contributed by atoms with Gasteiger partial charge in [-0.1, -0.05) is 0 Å². The Morgan fingerprint density at radius 2 is 1.94 bits per heavy atom. The molecular weight excluding hydrogens is 228 g/mol. The predicted octanol–water partition coefficient (Wildman–Crippen LogP) is 0.693. The Labute approximate surface area is 98.6 Å². The van der Waals surface area contributed by atoms with Gasteiger partial charge in [0, 0.05) is 31.5 Å². The van der Waals surface area contributed by atoms with Crippen molar-refractivity contribution in [2.24, 2.45) is 5.73 Å².